The van der Waals surface area contributed by atoms with Crippen LogP contribution < -0.4 is 4.90 Å². The molecule has 10 nitrogen and oxygen atoms in total. The van der Waals surface area contributed by atoms with Crippen LogP contribution in [-0.4, -0.2) is 103 Å². The number of halogens is 3. The summed E-state index contributed by atoms with van der Waals surface area (Å²) >= 11 is 0. The maximum Gasteiger partial charge on any atom is 0.410 e. The molecule has 1 atom stereocenters. The Morgan fingerprint density at radius 2 is 1.85 bits per heavy atom. The van der Waals surface area contributed by atoms with Crippen LogP contribution in [0.5, 0.6) is 0 Å². The van der Waals surface area contributed by atoms with E-state index in [2.05, 4.69) is 24.5 Å². The Bertz CT molecular complexity index is 1430. The minimum atomic E-state index is -4.53. The quantitative estimate of drug-likeness (QED) is 0.183. The molecule has 3 aliphatic rings. The minimum absolute atomic E-state index is 0.00774. The Hall–Kier alpha value is -2.84. The van der Waals surface area contributed by atoms with E-state index in [0.29, 0.717) is 64.4 Å². The number of anilines is 1. The average molecular weight is 696 g/mol. The van der Waals surface area contributed by atoms with E-state index in [-0.39, 0.29) is 30.5 Å². The van der Waals surface area contributed by atoms with Gasteiger partial charge in [-0.15, -0.1) is 0 Å². The highest BCUT2D eigenvalue weighted by atomic mass is 28.3. The molecular weight excluding hydrogens is 643 g/mol. The molecule has 5 rings (SSSR count). The molecule has 1 saturated carbocycles. The van der Waals surface area contributed by atoms with Crippen molar-refractivity contribution in [2.24, 2.45) is 5.92 Å². The molecule has 0 N–H and O–H groups in total. The predicted molar refractivity (Wildman–Crippen MR) is 181 cm³/mol. The Balaban J connectivity index is 1.35. The van der Waals surface area contributed by atoms with Crippen LogP contribution in [0.3, 0.4) is 0 Å². The van der Waals surface area contributed by atoms with Crippen LogP contribution in [0.2, 0.25) is 25.7 Å². The van der Waals surface area contributed by atoms with Crippen LogP contribution in [0, 0.1) is 5.92 Å². The summed E-state index contributed by atoms with van der Waals surface area (Å²) in [7, 11) is -1.23. The topological polar surface area (TPSA) is 89.4 Å². The number of ether oxygens (including phenoxy) is 3. The third-order valence-electron chi connectivity index (χ3n) is 9.32. The lowest BCUT2D eigenvalue weighted by Gasteiger charge is -2.45. The van der Waals surface area contributed by atoms with E-state index in [1.807, 2.05) is 21.7 Å². The minimum Gasteiger partial charge on any atom is -0.444 e. The largest absolute Gasteiger partial charge is 0.444 e. The maximum absolute atomic E-state index is 13.9. The van der Waals surface area contributed by atoms with Crippen molar-refractivity contribution in [3.63, 3.8) is 0 Å². The van der Waals surface area contributed by atoms with Crippen LogP contribution in [0.4, 0.5) is 23.7 Å². The molecule has 0 radical (unpaired) electrons. The molecule has 14 heteroatoms. The summed E-state index contributed by atoms with van der Waals surface area (Å²) in [5, 5.41) is 0.884. The van der Waals surface area contributed by atoms with Gasteiger partial charge in [-0.2, -0.15) is 13.2 Å². The lowest BCUT2D eigenvalue weighted by Crippen LogP contribution is -2.53. The first-order chi connectivity index (χ1) is 22.5. The molecule has 4 heterocycles. The molecule has 1 aliphatic carbocycles. The normalized spacial score (nSPS) is 22.4. The van der Waals surface area contributed by atoms with Crippen molar-refractivity contribution in [3.8, 4) is 0 Å². The van der Waals surface area contributed by atoms with Gasteiger partial charge in [-0.25, -0.2) is 9.78 Å². The van der Waals surface area contributed by atoms with Gasteiger partial charge < -0.3 is 28.6 Å². The van der Waals surface area contributed by atoms with E-state index >= 15 is 0 Å². The number of nitrogens with zero attached hydrogens (tertiary/aromatic N) is 5. The summed E-state index contributed by atoms with van der Waals surface area (Å²) in [6.45, 7) is 13.2. The molecule has 2 amide bonds. The number of aromatic nitrogens is 2. The van der Waals surface area contributed by atoms with Crippen LogP contribution in [0.1, 0.15) is 69.7 Å². The summed E-state index contributed by atoms with van der Waals surface area (Å²) in [6, 6.07) is 3.12. The first-order valence-corrected chi connectivity index (χ1v) is 21.0. The average Bonchev–Trinajstić information content (AvgIpc) is 3.65. The fourth-order valence-electron chi connectivity index (χ4n) is 6.90. The number of rotatable bonds is 11. The summed E-state index contributed by atoms with van der Waals surface area (Å²) < 4.78 is 59.6. The van der Waals surface area contributed by atoms with Crippen LogP contribution in [0.15, 0.2) is 18.5 Å². The molecule has 0 bridgehead atoms. The van der Waals surface area contributed by atoms with Crippen molar-refractivity contribution >= 4 is 36.8 Å². The molecule has 2 aromatic heterocycles. The van der Waals surface area contributed by atoms with E-state index in [1.54, 1.807) is 27.0 Å². The molecule has 0 spiro atoms. The van der Waals surface area contributed by atoms with Gasteiger partial charge >= 0.3 is 12.3 Å². The van der Waals surface area contributed by atoms with Crippen molar-refractivity contribution in [2.75, 3.05) is 44.4 Å². The molecule has 2 aromatic rings. The van der Waals surface area contributed by atoms with Gasteiger partial charge in [-0.1, -0.05) is 19.6 Å². The van der Waals surface area contributed by atoms with Gasteiger partial charge in [0.15, 0.2) is 0 Å². The molecule has 2 aliphatic heterocycles. The van der Waals surface area contributed by atoms with Gasteiger partial charge in [0.1, 0.15) is 24.5 Å². The van der Waals surface area contributed by atoms with Gasteiger partial charge in [0.05, 0.1) is 24.0 Å². The van der Waals surface area contributed by atoms with E-state index in [4.69, 9.17) is 19.2 Å². The lowest BCUT2D eigenvalue weighted by atomic mass is 9.84. The number of fused-ring (bicyclic) bond motifs is 3. The second kappa shape index (κ2) is 14.6. The Labute approximate surface area is 282 Å². The third kappa shape index (κ3) is 9.44. The van der Waals surface area contributed by atoms with E-state index in [1.165, 1.54) is 0 Å². The van der Waals surface area contributed by atoms with Gasteiger partial charge in [0.25, 0.3) is 5.91 Å². The highest BCUT2D eigenvalue weighted by Crippen LogP contribution is 2.40. The number of alkyl halides is 3. The Morgan fingerprint density at radius 1 is 1.12 bits per heavy atom. The first kappa shape index (κ1) is 36.4. The van der Waals surface area contributed by atoms with Gasteiger partial charge in [0.2, 0.25) is 0 Å². The molecule has 1 saturated heterocycles. The second-order valence-electron chi connectivity index (χ2n) is 15.8. The van der Waals surface area contributed by atoms with Crippen molar-refractivity contribution in [1.82, 2.24) is 19.4 Å². The number of amides is 2. The van der Waals surface area contributed by atoms with Crippen LogP contribution >= 0.6 is 0 Å². The Morgan fingerprint density at radius 3 is 2.48 bits per heavy atom. The molecule has 0 aromatic carbocycles. The molecule has 48 heavy (non-hydrogen) atoms. The van der Waals surface area contributed by atoms with Crippen molar-refractivity contribution in [3.05, 3.63) is 24.0 Å². The molecule has 268 valence electrons. The standard InChI is InChI=1S/C34H52F3N5O5Si/c1-33(2,3)47-32(44)40(21-34(35,36)37)19-24-9-11-25(12-10-24)42-22-41(20-26-8-7-15-46-26)31(43)28-18-38-30-27(29(28)42)13-14-39(30)23-45-16-17-48(4,5)6/h13-14,18,24-26H,7-12,15-17,19-23H2,1-6H3. The SMILES string of the molecule is CC(C)(C)OC(=O)N(CC1CCC(N2CN(CC3CCCO3)C(=O)c3cnc4c(ccn4COCC[Si](C)(C)C)c32)CC1)CC(F)(F)F. The number of hydrogen-bond acceptors (Lipinski definition) is 7. The van der Waals surface area contributed by atoms with E-state index in [9.17, 15) is 22.8 Å². The maximum atomic E-state index is 13.9. The number of hydrogen-bond donors (Lipinski definition) is 0. The van der Waals surface area contributed by atoms with Crippen molar-refractivity contribution in [2.45, 2.75) is 116 Å². The summed E-state index contributed by atoms with van der Waals surface area (Å²) in [4.78, 5) is 36.3. The highest BCUT2D eigenvalue weighted by Gasteiger charge is 2.40. The van der Waals surface area contributed by atoms with E-state index in [0.717, 1.165) is 40.5 Å². The number of carbonyl (C=O) groups is 2. The predicted octanol–water partition coefficient (Wildman–Crippen LogP) is 7.11. The summed E-state index contributed by atoms with van der Waals surface area (Å²) in [6.07, 6.45) is 2.75. The zero-order valence-corrected chi connectivity index (χ0v) is 30.3. The number of carbonyl (C=O) groups excluding carboxylic acids is 2. The first-order valence-electron chi connectivity index (χ1n) is 17.3. The van der Waals surface area contributed by atoms with Crippen molar-refractivity contribution < 1.29 is 37.0 Å². The fraction of sp³-hybridized carbons (Fsp3) is 0.735. The zero-order chi connectivity index (χ0) is 34.9. The monoisotopic (exact) mass is 695 g/mol. The molecular formula is C34H52F3N5O5Si. The Kier molecular flexibility index (Phi) is 11.1. The van der Waals surface area contributed by atoms with Crippen LogP contribution in [-0.2, 0) is 20.9 Å². The molecule has 1 unspecified atom stereocenters. The van der Waals surface area contributed by atoms with Gasteiger partial charge in [-0.3, -0.25) is 9.69 Å². The number of pyridine rings is 1. The molecule has 2 fully saturated rings. The highest BCUT2D eigenvalue weighted by molar-refractivity contribution is 6.76. The lowest BCUT2D eigenvalue weighted by molar-refractivity contribution is -0.146. The van der Waals surface area contributed by atoms with Gasteiger partial charge in [0, 0.05) is 58.2 Å². The van der Waals surface area contributed by atoms with Crippen LogP contribution in [0.25, 0.3) is 11.0 Å². The van der Waals surface area contributed by atoms with Crippen molar-refractivity contribution in [1.29, 1.82) is 0 Å². The smallest absolute Gasteiger partial charge is 0.410 e. The van der Waals surface area contributed by atoms with Gasteiger partial charge in [-0.05, 0) is 77.3 Å². The zero-order valence-electron chi connectivity index (χ0n) is 29.3. The summed E-state index contributed by atoms with van der Waals surface area (Å²) in [5.41, 5.74) is 1.26. The summed E-state index contributed by atoms with van der Waals surface area (Å²) in [5.74, 6) is -0.170. The third-order valence-corrected chi connectivity index (χ3v) is 11.0. The fourth-order valence-corrected chi connectivity index (χ4v) is 7.65. The second-order valence-corrected chi connectivity index (χ2v) is 21.4. The van der Waals surface area contributed by atoms with E-state index < -0.39 is 32.5 Å².